The predicted octanol–water partition coefficient (Wildman–Crippen LogP) is 3.54. The maximum atomic E-state index is 11.5. The number of benzene rings is 2. The van der Waals surface area contributed by atoms with Crippen LogP contribution in [0.25, 0.3) is 31.4 Å². The van der Waals surface area contributed by atoms with Crippen molar-refractivity contribution in [2.75, 3.05) is 0 Å². The highest BCUT2D eigenvalue weighted by Crippen LogP contribution is 2.37. The topological polar surface area (TPSA) is 71.8 Å². The van der Waals surface area contributed by atoms with E-state index in [0.717, 1.165) is 21.3 Å². The largest absolute Gasteiger partial charge is 0.366 e. The van der Waals surface area contributed by atoms with Crippen molar-refractivity contribution in [2.24, 2.45) is 5.73 Å². The molecule has 4 rings (SSSR count). The highest BCUT2D eigenvalue weighted by Gasteiger charge is 2.13. The molecule has 21 heavy (non-hydrogen) atoms. The Morgan fingerprint density at radius 3 is 2.81 bits per heavy atom. The molecule has 2 heterocycles. The summed E-state index contributed by atoms with van der Waals surface area (Å²) < 4.78 is 1.21. The summed E-state index contributed by atoms with van der Waals surface area (Å²) in [5.41, 5.74) is 7.81. The second-order valence-corrected chi connectivity index (χ2v) is 5.95. The number of nitrogens with zero attached hydrogens (tertiary/aromatic N) is 1. The van der Waals surface area contributed by atoms with E-state index in [1.807, 2.05) is 18.2 Å². The number of primary amides is 1. The molecule has 0 spiro atoms. The first-order valence-corrected chi connectivity index (χ1v) is 7.30. The number of H-pyrrole nitrogens is 1. The van der Waals surface area contributed by atoms with Crippen LogP contribution in [-0.4, -0.2) is 16.1 Å². The number of aromatic amines is 1. The van der Waals surface area contributed by atoms with Gasteiger partial charge in [-0.1, -0.05) is 18.2 Å². The zero-order chi connectivity index (χ0) is 14.4. The summed E-state index contributed by atoms with van der Waals surface area (Å²) >= 11 is 1.69. The monoisotopic (exact) mass is 293 g/mol. The third-order valence-electron chi connectivity index (χ3n) is 3.52. The van der Waals surface area contributed by atoms with Crippen molar-refractivity contribution in [3.8, 4) is 10.4 Å². The number of amides is 1. The van der Waals surface area contributed by atoms with Crippen molar-refractivity contribution in [1.82, 2.24) is 10.2 Å². The Kier molecular flexibility index (Phi) is 2.55. The summed E-state index contributed by atoms with van der Waals surface area (Å²) in [6.45, 7) is 0. The van der Waals surface area contributed by atoms with Crippen LogP contribution in [0.15, 0.2) is 48.7 Å². The highest BCUT2D eigenvalue weighted by atomic mass is 32.1. The van der Waals surface area contributed by atoms with Gasteiger partial charge in [-0.2, -0.15) is 5.10 Å². The van der Waals surface area contributed by atoms with Crippen LogP contribution in [0.5, 0.6) is 0 Å². The molecule has 0 bridgehead atoms. The molecule has 0 aliphatic rings. The van der Waals surface area contributed by atoms with E-state index in [0.29, 0.717) is 5.56 Å². The van der Waals surface area contributed by atoms with Gasteiger partial charge in [0.1, 0.15) is 0 Å². The number of aromatic nitrogens is 2. The molecular weight excluding hydrogens is 282 g/mol. The zero-order valence-corrected chi connectivity index (χ0v) is 11.8. The van der Waals surface area contributed by atoms with E-state index in [1.54, 1.807) is 23.6 Å². The van der Waals surface area contributed by atoms with E-state index >= 15 is 0 Å². The number of hydrogen-bond donors (Lipinski definition) is 2. The smallest absolute Gasteiger partial charge is 0.248 e. The Hall–Kier alpha value is -2.66. The minimum atomic E-state index is -0.430. The maximum Gasteiger partial charge on any atom is 0.248 e. The van der Waals surface area contributed by atoms with Crippen LogP contribution in [-0.2, 0) is 0 Å². The molecule has 0 fully saturated rings. The van der Waals surface area contributed by atoms with Crippen molar-refractivity contribution in [3.63, 3.8) is 0 Å². The Bertz CT molecular complexity index is 950. The van der Waals surface area contributed by atoms with Gasteiger partial charge >= 0.3 is 0 Å². The fourth-order valence-corrected chi connectivity index (χ4v) is 3.59. The standard InChI is InChI=1S/C16H11N3OS/c17-16(20)10-5-11-8-18-19-15(11)12(6-10)14-7-9-3-1-2-4-13(9)21-14/h1-8H,(H2,17,20)(H,18,19). The third kappa shape index (κ3) is 1.90. The van der Waals surface area contributed by atoms with E-state index in [4.69, 9.17) is 5.73 Å². The van der Waals surface area contributed by atoms with Crippen molar-refractivity contribution in [1.29, 1.82) is 0 Å². The van der Waals surface area contributed by atoms with E-state index in [-0.39, 0.29) is 0 Å². The number of rotatable bonds is 2. The van der Waals surface area contributed by atoms with Gasteiger partial charge in [-0.3, -0.25) is 9.89 Å². The second-order valence-electron chi connectivity index (χ2n) is 4.87. The van der Waals surface area contributed by atoms with E-state index in [1.165, 1.54) is 10.1 Å². The summed E-state index contributed by atoms with van der Waals surface area (Å²) in [6.07, 6.45) is 1.71. The van der Waals surface area contributed by atoms with Crippen LogP contribution in [0.1, 0.15) is 10.4 Å². The molecular formula is C16H11N3OS. The lowest BCUT2D eigenvalue weighted by molar-refractivity contribution is 0.100. The van der Waals surface area contributed by atoms with Gasteiger partial charge in [0.15, 0.2) is 0 Å². The molecule has 0 saturated carbocycles. The Balaban J connectivity index is 2.03. The fourth-order valence-electron chi connectivity index (χ4n) is 2.51. The highest BCUT2D eigenvalue weighted by molar-refractivity contribution is 7.22. The summed E-state index contributed by atoms with van der Waals surface area (Å²) in [6, 6.07) is 13.9. The molecule has 0 atom stereocenters. The van der Waals surface area contributed by atoms with Crippen LogP contribution in [0.3, 0.4) is 0 Å². The predicted molar refractivity (Wildman–Crippen MR) is 85.4 cm³/mol. The number of fused-ring (bicyclic) bond motifs is 2. The molecule has 0 aliphatic carbocycles. The van der Waals surface area contributed by atoms with E-state index in [9.17, 15) is 4.79 Å². The molecule has 0 radical (unpaired) electrons. The molecule has 0 unspecified atom stereocenters. The van der Waals surface area contributed by atoms with Crippen LogP contribution in [0, 0.1) is 0 Å². The van der Waals surface area contributed by atoms with Crippen molar-refractivity contribution >= 4 is 38.2 Å². The fraction of sp³-hybridized carbons (Fsp3) is 0. The molecule has 5 heteroatoms. The summed E-state index contributed by atoms with van der Waals surface area (Å²) in [5.74, 6) is -0.430. The number of nitrogens with one attached hydrogen (secondary N) is 1. The molecule has 1 amide bonds. The van der Waals surface area contributed by atoms with Gasteiger partial charge in [0.25, 0.3) is 0 Å². The van der Waals surface area contributed by atoms with Crippen LogP contribution in [0.4, 0.5) is 0 Å². The first-order chi connectivity index (χ1) is 10.2. The number of nitrogens with two attached hydrogens (primary N) is 1. The number of carbonyl (C=O) groups excluding carboxylic acids is 1. The average Bonchev–Trinajstić information content (AvgIpc) is 3.12. The van der Waals surface area contributed by atoms with Gasteiger partial charge in [-0.25, -0.2) is 0 Å². The van der Waals surface area contributed by atoms with Gasteiger partial charge in [0.2, 0.25) is 5.91 Å². The molecule has 102 valence electrons. The Labute approximate surface area is 124 Å². The Morgan fingerprint density at radius 1 is 1.14 bits per heavy atom. The van der Waals surface area contributed by atoms with Gasteiger partial charge in [0.05, 0.1) is 11.7 Å². The van der Waals surface area contributed by atoms with E-state index < -0.39 is 5.91 Å². The van der Waals surface area contributed by atoms with Crippen LogP contribution < -0.4 is 5.73 Å². The van der Waals surface area contributed by atoms with Crippen molar-refractivity contribution in [3.05, 3.63) is 54.2 Å². The molecule has 2 aromatic heterocycles. The van der Waals surface area contributed by atoms with E-state index in [2.05, 4.69) is 28.4 Å². The minimum Gasteiger partial charge on any atom is -0.366 e. The molecule has 0 aliphatic heterocycles. The number of thiophene rings is 1. The molecule has 0 saturated heterocycles. The van der Waals surface area contributed by atoms with Crippen LogP contribution >= 0.6 is 11.3 Å². The third-order valence-corrected chi connectivity index (χ3v) is 4.67. The average molecular weight is 293 g/mol. The SMILES string of the molecule is NC(=O)c1cc(-c2cc3ccccc3s2)c2[nH]ncc2c1. The minimum absolute atomic E-state index is 0.430. The van der Waals surface area contributed by atoms with Gasteiger partial charge in [0, 0.05) is 26.1 Å². The summed E-state index contributed by atoms with van der Waals surface area (Å²) in [7, 11) is 0. The van der Waals surface area contributed by atoms with Crippen molar-refractivity contribution < 1.29 is 4.79 Å². The zero-order valence-electron chi connectivity index (χ0n) is 11.0. The lowest BCUT2D eigenvalue weighted by atomic mass is 10.0. The number of carbonyl (C=O) groups is 1. The second kappa shape index (κ2) is 4.43. The van der Waals surface area contributed by atoms with Gasteiger partial charge < -0.3 is 5.73 Å². The quantitative estimate of drug-likeness (QED) is 0.593. The normalized spacial score (nSPS) is 11.2. The molecule has 4 nitrogen and oxygen atoms in total. The van der Waals surface area contributed by atoms with Gasteiger partial charge in [-0.05, 0) is 29.7 Å². The molecule has 3 N–H and O–H groups in total. The number of hydrogen-bond acceptors (Lipinski definition) is 3. The first-order valence-electron chi connectivity index (χ1n) is 6.48. The summed E-state index contributed by atoms with van der Waals surface area (Å²) in [4.78, 5) is 12.6. The first kappa shape index (κ1) is 12.1. The van der Waals surface area contributed by atoms with Crippen molar-refractivity contribution in [2.45, 2.75) is 0 Å². The lowest BCUT2D eigenvalue weighted by Gasteiger charge is -2.03. The maximum absolute atomic E-state index is 11.5. The van der Waals surface area contributed by atoms with Crippen LogP contribution in [0.2, 0.25) is 0 Å². The molecule has 4 aromatic rings. The molecule has 2 aromatic carbocycles. The van der Waals surface area contributed by atoms with Gasteiger partial charge in [-0.15, -0.1) is 11.3 Å². The summed E-state index contributed by atoms with van der Waals surface area (Å²) in [5, 5.41) is 9.15. The Morgan fingerprint density at radius 2 is 2.00 bits per heavy atom. The lowest BCUT2D eigenvalue weighted by Crippen LogP contribution is -2.10.